The van der Waals surface area contributed by atoms with Crippen LogP contribution in [0.25, 0.3) is 0 Å². The van der Waals surface area contributed by atoms with E-state index in [2.05, 4.69) is 25.7 Å². The molecule has 0 saturated heterocycles. The number of hydrogen-bond donors (Lipinski definition) is 0. The van der Waals surface area contributed by atoms with Gasteiger partial charge in [-0.25, -0.2) is 0 Å². The number of hydrogen-bond acceptors (Lipinski definition) is 2. The molecule has 0 fully saturated rings. The van der Waals surface area contributed by atoms with Crippen LogP contribution in [0.15, 0.2) is 0 Å². The summed E-state index contributed by atoms with van der Waals surface area (Å²) in [4.78, 5) is 13.6. The van der Waals surface area contributed by atoms with Gasteiger partial charge in [0.25, 0.3) is 0 Å². The molecule has 0 amide bonds. The topological polar surface area (TPSA) is 20.3 Å². The zero-order chi connectivity index (χ0) is 9.56. The SMILES string of the molecule is CCC(C)C(=O)CN(CC)CC. The molecule has 2 heteroatoms. The first-order valence-electron chi connectivity index (χ1n) is 4.90. The van der Waals surface area contributed by atoms with E-state index in [-0.39, 0.29) is 5.92 Å². The summed E-state index contributed by atoms with van der Waals surface area (Å²) in [5, 5.41) is 0. The van der Waals surface area contributed by atoms with Crippen molar-refractivity contribution in [1.82, 2.24) is 4.90 Å². The molecule has 0 bridgehead atoms. The van der Waals surface area contributed by atoms with Gasteiger partial charge < -0.3 is 0 Å². The van der Waals surface area contributed by atoms with Crippen LogP contribution >= 0.6 is 0 Å². The maximum absolute atomic E-state index is 11.5. The van der Waals surface area contributed by atoms with Crippen LogP contribution in [0.3, 0.4) is 0 Å². The Bertz CT molecular complexity index is 130. The van der Waals surface area contributed by atoms with Gasteiger partial charge in [-0.3, -0.25) is 9.69 Å². The molecule has 0 heterocycles. The van der Waals surface area contributed by atoms with Gasteiger partial charge >= 0.3 is 0 Å². The predicted octanol–water partition coefficient (Wildman–Crippen LogP) is 1.94. The van der Waals surface area contributed by atoms with E-state index < -0.39 is 0 Å². The first-order chi connectivity index (χ1) is 5.65. The Labute approximate surface area is 75.9 Å². The van der Waals surface area contributed by atoms with Gasteiger partial charge in [0.1, 0.15) is 5.78 Å². The van der Waals surface area contributed by atoms with Gasteiger partial charge in [0.2, 0.25) is 0 Å². The molecule has 0 radical (unpaired) electrons. The standard InChI is InChI=1S/C10H21NO/c1-5-9(4)10(12)8-11(6-2)7-3/h9H,5-8H2,1-4H3. The fourth-order valence-electron chi connectivity index (χ4n) is 1.05. The third-order valence-corrected chi connectivity index (χ3v) is 2.44. The van der Waals surface area contributed by atoms with Crippen molar-refractivity contribution in [3.05, 3.63) is 0 Å². The van der Waals surface area contributed by atoms with E-state index in [9.17, 15) is 4.79 Å². The minimum Gasteiger partial charge on any atom is -0.298 e. The van der Waals surface area contributed by atoms with E-state index in [1.54, 1.807) is 0 Å². The lowest BCUT2D eigenvalue weighted by Gasteiger charge is -2.18. The molecule has 2 nitrogen and oxygen atoms in total. The van der Waals surface area contributed by atoms with Crippen molar-refractivity contribution in [3.63, 3.8) is 0 Å². The quantitative estimate of drug-likeness (QED) is 0.608. The number of nitrogens with zero attached hydrogens (tertiary/aromatic N) is 1. The molecule has 0 aromatic carbocycles. The largest absolute Gasteiger partial charge is 0.298 e. The van der Waals surface area contributed by atoms with Gasteiger partial charge in [0.05, 0.1) is 6.54 Å². The van der Waals surface area contributed by atoms with E-state index >= 15 is 0 Å². The van der Waals surface area contributed by atoms with Gasteiger partial charge in [0.15, 0.2) is 0 Å². The molecular formula is C10H21NO. The van der Waals surface area contributed by atoms with E-state index in [0.717, 1.165) is 19.5 Å². The van der Waals surface area contributed by atoms with E-state index in [1.807, 2.05) is 6.92 Å². The molecule has 0 rings (SSSR count). The Kier molecular flexibility index (Phi) is 5.99. The lowest BCUT2D eigenvalue weighted by atomic mass is 10.0. The first-order valence-corrected chi connectivity index (χ1v) is 4.90. The van der Waals surface area contributed by atoms with Crippen molar-refractivity contribution in [2.45, 2.75) is 34.1 Å². The summed E-state index contributed by atoms with van der Waals surface area (Å²) in [6, 6.07) is 0. The molecule has 0 N–H and O–H groups in total. The van der Waals surface area contributed by atoms with Crippen LogP contribution in [0.4, 0.5) is 0 Å². The highest BCUT2D eigenvalue weighted by molar-refractivity contribution is 5.82. The summed E-state index contributed by atoms with van der Waals surface area (Å²) in [6.45, 7) is 10.8. The van der Waals surface area contributed by atoms with Crippen LogP contribution in [0.5, 0.6) is 0 Å². The summed E-state index contributed by atoms with van der Waals surface area (Å²) in [7, 11) is 0. The lowest BCUT2D eigenvalue weighted by molar-refractivity contribution is -0.123. The summed E-state index contributed by atoms with van der Waals surface area (Å²) in [5.74, 6) is 0.604. The fraction of sp³-hybridized carbons (Fsp3) is 0.900. The maximum Gasteiger partial charge on any atom is 0.149 e. The normalized spacial score (nSPS) is 13.4. The molecule has 0 aromatic rings. The average Bonchev–Trinajstić information content (AvgIpc) is 2.12. The zero-order valence-corrected chi connectivity index (χ0v) is 8.76. The molecule has 72 valence electrons. The lowest BCUT2D eigenvalue weighted by Crippen LogP contribution is -2.32. The second-order valence-corrected chi connectivity index (χ2v) is 3.24. The predicted molar refractivity (Wildman–Crippen MR) is 52.3 cm³/mol. The molecule has 1 unspecified atom stereocenters. The van der Waals surface area contributed by atoms with Gasteiger partial charge in [-0.05, 0) is 19.5 Å². The van der Waals surface area contributed by atoms with E-state index in [0.29, 0.717) is 12.3 Å². The number of likely N-dealkylation sites (N-methyl/N-ethyl adjacent to an activating group) is 1. The highest BCUT2D eigenvalue weighted by Gasteiger charge is 2.12. The number of rotatable bonds is 6. The Morgan fingerprint density at radius 3 is 2.08 bits per heavy atom. The minimum atomic E-state index is 0.227. The molecule has 1 atom stereocenters. The average molecular weight is 171 g/mol. The van der Waals surface area contributed by atoms with Crippen molar-refractivity contribution >= 4 is 5.78 Å². The molecule has 0 aliphatic carbocycles. The van der Waals surface area contributed by atoms with Crippen molar-refractivity contribution in [2.24, 2.45) is 5.92 Å². The van der Waals surface area contributed by atoms with Crippen LogP contribution in [-0.4, -0.2) is 30.3 Å². The van der Waals surface area contributed by atoms with Crippen molar-refractivity contribution in [2.75, 3.05) is 19.6 Å². The second kappa shape index (κ2) is 6.18. The van der Waals surface area contributed by atoms with Crippen molar-refractivity contribution < 1.29 is 4.79 Å². The number of carbonyl (C=O) groups is 1. The number of Topliss-reactive ketones (excluding diaryl/α,β-unsaturated/α-hetero) is 1. The Morgan fingerprint density at radius 1 is 1.25 bits per heavy atom. The van der Waals surface area contributed by atoms with Gasteiger partial charge in [0, 0.05) is 5.92 Å². The van der Waals surface area contributed by atoms with Crippen molar-refractivity contribution in [3.8, 4) is 0 Å². The second-order valence-electron chi connectivity index (χ2n) is 3.24. The van der Waals surface area contributed by atoms with Crippen LogP contribution in [0, 0.1) is 5.92 Å². The fourth-order valence-corrected chi connectivity index (χ4v) is 1.05. The third-order valence-electron chi connectivity index (χ3n) is 2.44. The molecule has 0 aliphatic heterocycles. The molecule has 0 aliphatic rings. The first kappa shape index (κ1) is 11.6. The Morgan fingerprint density at radius 2 is 1.75 bits per heavy atom. The molecule has 0 saturated carbocycles. The van der Waals surface area contributed by atoms with Crippen LogP contribution < -0.4 is 0 Å². The van der Waals surface area contributed by atoms with Gasteiger partial charge in [-0.15, -0.1) is 0 Å². The van der Waals surface area contributed by atoms with Gasteiger partial charge in [-0.2, -0.15) is 0 Å². The summed E-state index contributed by atoms with van der Waals surface area (Å²) < 4.78 is 0. The summed E-state index contributed by atoms with van der Waals surface area (Å²) >= 11 is 0. The highest BCUT2D eigenvalue weighted by Crippen LogP contribution is 2.03. The smallest absolute Gasteiger partial charge is 0.149 e. The van der Waals surface area contributed by atoms with Crippen molar-refractivity contribution in [1.29, 1.82) is 0 Å². The minimum absolute atomic E-state index is 0.227. The van der Waals surface area contributed by atoms with E-state index in [4.69, 9.17) is 0 Å². The zero-order valence-electron chi connectivity index (χ0n) is 8.76. The Balaban J connectivity index is 3.81. The monoisotopic (exact) mass is 171 g/mol. The van der Waals surface area contributed by atoms with E-state index in [1.165, 1.54) is 0 Å². The van der Waals surface area contributed by atoms with Crippen LogP contribution in [-0.2, 0) is 4.79 Å². The van der Waals surface area contributed by atoms with Crippen LogP contribution in [0.1, 0.15) is 34.1 Å². The molecule has 12 heavy (non-hydrogen) atoms. The maximum atomic E-state index is 11.5. The molecule has 0 spiro atoms. The number of carbonyl (C=O) groups excluding carboxylic acids is 1. The van der Waals surface area contributed by atoms with Gasteiger partial charge in [-0.1, -0.05) is 27.7 Å². The summed E-state index contributed by atoms with van der Waals surface area (Å²) in [5.41, 5.74) is 0. The highest BCUT2D eigenvalue weighted by atomic mass is 16.1. The molecule has 0 aromatic heterocycles. The molecular weight excluding hydrogens is 150 g/mol. The third kappa shape index (κ3) is 3.86. The summed E-state index contributed by atoms with van der Waals surface area (Å²) in [6.07, 6.45) is 0.958. The number of ketones is 1. The van der Waals surface area contributed by atoms with Crippen LogP contribution in [0.2, 0.25) is 0 Å². The Hall–Kier alpha value is -0.370.